The summed E-state index contributed by atoms with van der Waals surface area (Å²) in [6, 6.07) is 9.66. The van der Waals surface area contributed by atoms with E-state index in [0.717, 1.165) is 5.56 Å². The fraction of sp³-hybridized carbons (Fsp3) is 0.250. The van der Waals surface area contributed by atoms with Crippen LogP contribution in [0.1, 0.15) is 29.5 Å². The minimum Gasteiger partial charge on any atom is -0.424 e. The van der Waals surface area contributed by atoms with Crippen LogP contribution in [0.5, 0.6) is 0 Å². The largest absolute Gasteiger partial charge is 0.424 e. The average molecular weight is 328 g/mol. The predicted octanol–water partition coefficient (Wildman–Crippen LogP) is 3.29. The summed E-state index contributed by atoms with van der Waals surface area (Å²) < 4.78 is 5.42. The smallest absolute Gasteiger partial charge is 0.255 e. The number of H-pyrrole nitrogens is 1. The summed E-state index contributed by atoms with van der Waals surface area (Å²) in [7, 11) is 0. The molecule has 0 bridgehead atoms. The SMILES string of the molecule is Cc1nnc([C@H](C)Sc2nc(-c3ccccc3)c(C)c(=O)[nH]2)o1. The first-order valence-electron chi connectivity index (χ1n) is 7.17. The molecule has 3 aromatic rings. The molecule has 0 aliphatic rings. The van der Waals surface area contributed by atoms with Crippen LogP contribution in [0.3, 0.4) is 0 Å². The first-order chi connectivity index (χ1) is 11.0. The molecule has 0 saturated carbocycles. The van der Waals surface area contributed by atoms with Gasteiger partial charge in [-0.05, 0) is 13.8 Å². The number of nitrogens with zero attached hydrogens (tertiary/aromatic N) is 3. The second-order valence-electron chi connectivity index (χ2n) is 5.13. The second kappa shape index (κ2) is 6.37. The van der Waals surface area contributed by atoms with Crippen LogP contribution < -0.4 is 5.56 Å². The van der Waals surface area contributed by atoms with Crippen LogP contribution in [-0.4, -0.2) is 20.2 Å². The van der Waals surface area contributed by atoms with Crippen molar-refractivity contribution in [3.05, 3.63) is 58.0 Å². The Kier molecular flexibility index (Phi) is 4.29. The van der Waals surface area contributed by atoms with Crippen LogP contribution >= 0.6 is 11.8 Å². The molecule has 2 heterocycles. The van der Waals surface area contributed by atoms with Gasteiger partial charge in [0.15, 0.2) is 5.16 Å². The molecule has 2 aromatic heterocycles. The Morgan fingerprint density at radius 1 is 1.17 bits per heavy atom. The molecule has 1 N–H and O–H groups in total. The third-order valence-electron chi connectivity index (χ3n) is 3.35. The number of nitrogens with one attached hydrogen (secondary N) is 1. The van der Waals surface area contributed by atoms with Gasteiger partial charge >= 0.3 is 0 Å². The Morgan fingerprint density at radius 3 is 2.57 bits per heavy atom. The van der Waals surface area contributed by atoms with E-state index in [1.807, 2.05) is 37.3 Å². The van der Waals surface area contributed by atoms with E-state index in [4.69, 9.17) is 4.42 Å². The van der Waals surface area contributed by atoms with Gasteiger partial charge in [0.2, 0.25) is 11.8 Å². The molecule has 0 aliphatic carbocycles. The van der Waals surface area contributed by atoms with Gasteiger partial charge in [0.1, 0.15) is 0 Å². The maximum absolute atomic E-state index is 12.2. The Morgan fingerprint density at radius 2 is 1.91 bits per heavy atom. The molecule has 0 fully saturated rings. The van der Waals surface area contributed by atoms with Gasteiger partial charge in [-0.15, -0.1) is 10.2 Å². The number of aromatic amines is 1. The molecule has 1 aromatic carbocycles. The van der Waals surface area contributed by atoms with Gasteiger partial charge in [-0.1, -0.05) is 42.1 Å². The van der Waals surface area contributed by atoms with E-state index in [1.165, 1.54) is 11.8 Å². The van der Waals surface area contributed by atoms with Crippen molar-refractivity contribution in [1.29, 1.82) is 0 Å². The first-order valence-corrected chi connectivity index (χ1v) is 8.05. The highest BCUT2D eigenvalue weighted by molar-refractivity contribution is 7.99. The highest BCUT2D eigenvalue weighted by atomic mass is 32.2. The third-order valence-corrected chi connectivity index (χ3v) is 4.33. The summed E-state index contributed by atoms with van der Waals surface area (Å²) in [6.45, 7) is 5.44. The van der Waals surface area contributed by atoms with Crippen LogP contribution in [0.4, 0.5) is 0 Å². The lowest BCUT2D eigenvalue weighted by Gasteiger charge is -2.09. The molecule has 1 atom stereocenters. The van der Waals surface area contributed by atoms with Gasteiger partial charge in [-0.25, -0.2) is 4.98 Å². The number of thioether (sulfide) groups is 1. The van der Waals surface area contributed by atoms with E-state index >= 15 is 0 Å². The lowest BCUT2D eigenvalue weighted by Crippen LogP contribution is -2.14. The van der Waals surface area contributed by atoms with Crippen molar-refractivity contribution < 1.29 is 4.42 Å². The Hall–Kier alpha value is -2.41. The van der Waals surface area contributed by atoms with Crippen molar-refractivity contribution in [2.75, 3.05) is 0 Å². The first kappa shape index (κ1) is 15.5. The van der Waals surface area contributed by atoms with Crippen molar-refractivity contribution in [3.63, 3.8) is 0 Å². The topological polar surface area (TPSA) is 84.7 Å². The molecule has 0 saturated heterocycles. The molecule has 0 amide bonds. The van der Waals surface area contributed by atoms with E-state index in [-0.39, 0.29) is 10.8 Å². The molecular weight excluding hydrogens is 312 g/mol. The van der Waals surface area contributed by atoms with Crippen LogP contribution in [0, 0.1) is 13.8 Å². The summed E-state index contributed by atoms with van der Waals surface area (Å²) in [6.07, 6.45) is 0. The Labute approximate surface area is 137 Å². The summed E-state index contributed by atoms with van der Waals surface area (Å²) in [5.74, 6) is 1.03. The third kappa shape index (κ3) is 3.34. The molecule has 23 heavy (non-hydrogen) atoms. The van der Waals surface area contributed by atoms with Crippen LogP contribution in [0.25, 0.3) is 11.3 Å². The van der Waals surface area contributed by atoms with Gasteiger partial charge in [0.25, 0.3) is 5.56 Å². The van der Waals surface area contributed by atoms with E-state index in [0.29, 0.717) is 28.2 Å². The minimum absolute atomic E-state index is 0.106. The van der Waals surface area contributed by atoms with Crippen molar-refractivity contribution >= 4 is 11.8 Å². The fourth-order valence-electron chi connectivity index (χ4n) is 2.14. The quantitative estimate of drug-likeness (QED) is 0.584. The van der Waals surface area contributed by atoms with Gasteiger partial charge in [-0.3, -0.25) is 4.79 Å². The molecule has 0 radical (unpaired) electrons. The highest BCUT2D eigenvalue weighted by Gasteiger charge is 2.17. The number of aromatic nitrogens is 4. The van der Waals surface area contributed by atoms with Crippen LogP contribution in [0.15, 0.2) is 44.7 Å². The minimum atomic E-state index is -0.143. The van der Waals surface area contributed by atoms with Crippen molar-refractivity contribution in [3.8, 4) is 11.3 Å². The lowest BCUT2D eigenvalue weighted by molar-refractivity contribution is 0.470. The van der Waals surface area contributed by atoms with E-state index in [1.54, 1.807) is 13.8 Å². The number of hydrogen-bond acceptors (Lipinski definition) is 6. The molecule has 0 aliphatic heterocycles. The van der Waals surface area contributed by atoms with Gasteiger partial charge in [0, 0.05) is 18.1 Å². The number of aryl methyl sites for hydroxylation is 1. The molecule has 3 rings (SSSR count). The normalized spacial score (nSPS) is 12.3. The van der Waals surface area contributed by atoms with Crippen molar-refractivity contribution in [2.45, 2.75) is 31.2 Å². The molecule has 0 unspecified atom stereocenters. The molecule has 7 heteroatoms. The zero-order chi connectivity index (χ0) is 16.4. The summed E-state index contributed by atoms with van der Waals surface area (Å²) in [4.78, 5) is 19.6. The number of benzene rings is 1. The lowest BCUT2D eigenvalue weighted by atomic mass is 10.1. The maximum atomic E-state index is 12.2. The highest BCUT2D eigenvalue weighted by Crippen LogP contribution is 2.32. The Balaban J connectivity index is 1.95. The zero-order valence-electron chi connectivity index (χ0n) is 13.0. The molecule has 0 spiro atoms. The van der Waals surface area contributed by atoms with E-state index < -0.39 is 0 Å². The molecule has 6 nitrogen and oxygen atoms in total. The standard InChI is InChI=1S/C16H16N4O2S/c1-9-13(12-7-5-4-6-8-12)17-16(18-14(9)21)23-10(2)15-20-19-11(3)22-15/h4-8,10H,1-3H3,(H,17,18,21)/t10-/m0/s1. The van der Waals surface area contributed by atoms with Gasteiger partial charge in [0.05, 0.1) is 10.9 Å². The Bertz CT molecular complexity index is 873. The van der Waals surface area contributed by atoms with Crippen molar-refractivity contribution in [1.82, 2.24) is 20.2 Å². The second-order valence-corrected chi connectivity index (χ2v) is 6.46. The molecular formula is C16H16N4O2S. The summed E-state index contributed by atoms with van der Waals surface area (Å²) in [5.41, 5.74) is 2.06. The predicted molar refractivity (Wildman–Crippen MR) is 88.3 cm³/mol. The van der Waals surface area contributed by atoms with Crippen LogP contribution in [0.2, 0.25) is 0 Å². The number of rotatable bonds is 4. The fourth-order valence-corrected chi connectivity index (χ4v) is 2.97. The van der Waals surface area contributed by atoms with Gasteiger partial charge in [-0.2, -0.15) is 0 Å². The molecule has 118 valence electrons. The average Bonchev–Trinajstić information content (AvgIpc) is 2.98. The summed E-state index contributed by atoms with van der Waals surface area (Å²) in [5, 5.41) is 8.25. The van der Waals surface area contributed by atoms with E-state index in [2.05, 4.69) is 20.2 Å². The van der Waals surface area contributed by atoms with Crippen molar-refractivity contribution in [2.24, 2.45) is 0 Å². The van der Waals surface area contributed by atoms with Gasteiger partial charge < -0.3 is 9.40 Å². The van der Waals surface area contributed by atoms with E-state index in [9.17, 15) is 4.79 Å². The number of hydrogen-bond donors (Lipinski definition) is 1. The zero-order valence-corrected chi connectivity index (χ0v) is 13.8. The monoisotopic (exact) mass is 328 g/mol. The summed E-state index contributed by atoms with van der Waals surface area (Å²) >= 11 is 1.38. The van der Waals surface area contributed by atoms with Crippen LogP contribution in [-0.2, 0) is 0 Å². The maximum Gasteiger partial charge on any atom is 0.255 e.